The third-order valence-corrected chi connectivity index (χ3v) is 2.36. The predicted molar refractivity (Wildman–Crippen MR) is 71.5 cm³/mol. The lowest BCUT2D eigenvalue weighted by atomic mass is 9.95. The van der Waals surface area contributed by atoms with E-state index >= 15 is 0 Å². The number of aliphatic imine (C=N–C) groups is 1. The molecule has 0 amide bonds. The van der Waals surface area contributed by atoms with Gasteiger partial charge in [-0.1, -0.05) is 26.8 Å². The van der Waals surface area contributed by atoms with E-state index in [1.807, 2.05) is 43.3 Å². The zero-order valence-electron chi connectivity index (χ0n) is 10.8. The Bertz CT molecular complexity index is 386. The van der Waals surface area contributed by atoms with Gasteiger partial charge < -0.3 is 10.6 Å². The normalized spacial score (nSPS) is 12.7. The predicted octanol–water partition coefficient (Wildman–Crippen LogP) is 2.79. The molecule has 0 heterocycles. The summed E-state index contributed by atoms with van der Waals surface area (Å²) in [6, 6.07) is 8.03. The molecule has 88 valence electrons. The molecule has 0 fully saturated rings. The highest BCUT2D eigenvalue weighted by Gasteiger charge is 2.15. The molecule has 0 aromatic heterocycles. The maximum absolute atomic E-state index is 5.95. The quantitative estimate of drug-likeness (QED) is 0.614. The molecule has 0 atom stereocenters. The molecule has 0 bridgehead atoms. The van der Waals surface area contributed by atoms with E-state index in [1.54, 1.807) is 0 Å². The molecule has 0 aliphatic carbocycles. The van der Waals surface area contributed by atoms with E-state index in [9.17, 15) is 0 Å². The lowest BCUT2D eigenvalue weighted by Gasteiger charge is -2.18. The second-order valence-electron chi connectivity index (χ2n) is 5.16. The summed E-state index contributed by atoms with van der Waals surface area (Å²) >= 11 is 0. The number of amidine groups is 1. The standard InChI is InChI=1S/C13H21N3/c1-13(2,3)12(14)15-10-7-6-8-11(9-10)16(4)5/h6-9H,1-5H3,(H2,14,15). The maximum atomic E-state index is 5.95. The van der Waals surface area contributed by atoms with Crippen LogP contribution >= 0.6 is 0 Å². The largest absolute Gasteiger partial charge is 0.387 e. The molecule has 0 aliphatic rings. The van der Waals surface area contributed by atoms with Crippen LogP contribution in [0.1, 0.15) is 20.8 Å². The van der Waals surface area contributed by atoms with Crippen molar-refractivity contribution < 1.29 is 0 Å². The first kappa shape index (κ1) is 12.6. The van der Waals surface area contributed by atoms with Gasteiger partial charge >= 0.3 is 0 Å². The minimum Gasteiger partial charge on any atom is -0.387 e. The summed E-state index contributed by atoms with van der Waals surface area (Å²) in [6.07, 6.45) is 0. The molecular formula is C13H21N3. The molecular weight excluding hydrogens is 198 g/mol. The van der Waals surface area contributed by atoms with Crippen molar-refractivity contribution in [3.05, 3.63) is 24.3 Å². The fourth-order valence-electron chi connectivity index (χ4n) is 1.15. The van der Waals surface area contributed by atoms with E-state index in [1.165, 1.54) is 0 Å². The molecule has 0 spiro atoms. The van der Waals surface area contributed by atoms with E-state index in [0.717, 1.165) is 11.4 Å². The molecule has 0 saturated carbocycles. The molecule has 1 aromatic rings. The van der Waals surface area contributed by atoms with E-state index < -0.39 is 0 Å². The van der Waals surface area contributed by atoms with Gasteiger partial charge in [-0.3, -0.25) is 0 Å². The highest BCUT2D eigenvalue weighted by molar-refractivity contribution is 5.88. The molecule has 0 saturated heterocycles. The lowest BCUT2D eigenvalue weighted by Crippen LogP contribution is -2.28. The van der Waals surface area contributed by atoms with Crippen molar-refractivity contribution in [1.82, 2.24) is 0 Å². The van der Waals surface area contributed by atoms with Gasteiger partial charge in [0.05, 0.1) is 5.69 Å². The van der Waals surface area contributed by atoms with Crippen molar-refractivity contribution in [3.8, 4) is 0 Å². The first-order valence-electron chi connectivity index (χ1n) is 5.43. The fourth-order valence-corrected chi connectivity index (χ4v) is 1.15. The van der Waals surface area contributed by atoms with Crippen LogP contribution in [0.5, 0.6) is 0 Å². The van der Waals surface area contributed by atoms with Crippen LogP contribution in [0.3, 0.4) is 0 Å². The summed E-state index contributed by atoms with van der Waals surface area (Å²) in [4.78, 5) is 6.49. The Morgan fingerprint density at radius 3 is 2.38 bits per heavy atom. The Hall–Kier alpha value is -1.51. The van der Waals surface area contributed by atoms with Crippen molar-refractivity contribution in [1.29, 1.82) is 0 Å². The fraction of sp³-hybridized carbons (Fsp3) is 0.462. The van der Waals surface area contributed by atoms with Crippen molar-refractivity contribution >= 4 is 17.2 Å². The molecule has 1 aromatic carbocycles. The van der Waals surface area contributed by atoms with Crippen LogP contribution in [0.2, 0.25) is 0 Å². The molecule has 0 unspecified atom stereocenters. The topological polar surface area (TPSA) is 41.6 Å². The summed E-state index contributed by atoms with van der Waals surface area (Å²) in [5, 5.41) is 0. The van der Waals surface area contributed by atoms with Crippen molar-refractivity contribution in [2.45, 2.75) is 20.8 Å². The SMILES string of the molecule is CN(C)c1cccc(N=C(N)C(C)(C)C)c1. The van der Waals surface area contributed by atoms with Crippen molar-refractivity contribution in [2.24, 2.45) is 16.1 Å². The highest BCUT2D eigenvalue weighted by atomic mass is 15.1. The summed E-state index contributed by atoms with van der Waals surface area (Å²) in [5.74, 6) is 0.656. The van der Waals surface area contributed by atoms with Gasteiger partial charge in [0.1, 0.15) is 5.84 Å². The lowest BCUT2D eigenvalue weighted by molar-refractivity contribution is 0.585. The summed E-state index contributed by atoms with van der Waals surface area (Å²) < 4.78 is 0. The van der Waals surface area contributed by atoms with Gasteiger partial charge in [0.2, 0.25) is 0 Å². The van der Waals surface area contributed by atoms with Gasteiger partial charge in [-0.25, -0.2) is 4.99 Å². The summed E-state index contributed by atoms with van der Waals surface area (Å²) in [6.45, 7) is 6.17. The molecule has 3 heteroatoms. The second-order valence-corrected chi connectivity index (χ2v) is 5.16. The number of hydrogen-bond donors (Lipinski definition) is 1. The monoisotopic (exact) mass is 219 g/mol. The number of benzene rings is 1. The maximum Gasteiger partial charge on any atom is 0.105 e. The first-order valence-corrected chi connectivity index (χ1v) is 5.43. The molecule has 16 heavy (non-hydrogen) atoms. The van der Waals surface area contributed by atoms with Crippen LogP contribution in [0.25, 0.3) is 0 Å². The van der Waals surface area contributed by atoms with Gasteiger partial charge in [0.25, 0.3) is 0 Å². The minimum absolute atomic E-state index is 0.0892. The van der Waals surface area contributed by atoms with Gasteiger partial charge in [-0.2, -0.15) is 0 Å². The van der Waals surface area contributed by atoms with E-state index in [-0.39, 0.29) is 5.41 Å². The molecule has 3 nitrogen and oxygen atoms in total. The van der Waals surface area contributed by atoms with E-state index in [0.29, 0.717) is 5.84 Å². The zero-order chi connectivity index (χ0) is 12.3. The smallest absolute Gasteiger partial charge is 0.105 e. The van der Waals surface area contributed by atoms with Crippen LogP contribution in [-0.2, 0) is 0 Å². The third-order valence-electron chi connectivity index (χ3n) is 2.36. The van der Waals surface area contributed by atoms with Crippen LogP contribution in [0, 0.1) is 5.41 Å². The van der Waals surface area contributed by atoms with Crippen LogP contribution in [0.4, 0.5) is 11.4 Å². The molecule has 2 N–H and O–H groups in total. The first-order chi connectivity index (χ1) is 7.30. The van der Waals surface area contributed by atoms with Gasteiger partial charge in [0.15, 0.2) is 0 Å². The van der Waals surface area contributed by atoms with Gasteiger partial charge in [-0.05, 0) is 18.2 Å². The van der Waals surface area contributed by atoms with Crippen molar-refractivity contribution in [2.75, 3.05) is 19.0 Å². The number of nitrogens with zero attached hydrogens (tertiary/aromatic N) is 2. The highest BCUT2D eigenvalue weighted by Crippen LogP contribution is 2.22. The molecule has 1 rings (SSSR count). The van der Waals surface area contributed by atoms with Crippen LogP contribution < -0.4 is 10.6 Å². The number of hydrogen-bond acceptors (Lipinski definition) is 2. The summed E-state index contributed by atoms with van der Waals surface area (Å²) in [7, 11) is 4.02. The Kier molecular flexibility index (Phi) is 3.58. The van der Waals surface area contributed by atoms with Crippen LogP contribution in [-0.4, -0.2) is 19.9 Å². The Balaban J connectivity index is 3.02. The number of rotatable bonds is 2. The Morgan fingerprint density at radius 1 is 1.25 bits per heavy atom. The Labute approximate surface area is 98.0 Å². The van der Waals surface area contributed by atoms with E-state index in [4.69, 9.17) is 5.73 Å². The van der Waals surface area contributed by atoms with Gasteiger partial charge in [-0.15, -0.1) is 0 Å². The second kappa shape index (κ2) is 4.56. The third kappa shape index (κ3) is 3.26. The molecule has 0 radical (unpaired) electrons. The summed E-state index contributed by atoms with van der Waals surface area (Å²) in [5.41, 5.74) is 7.89. The number of nitrogens with two attached hydrogens (primary N) is 1. The average molecular weight is 219 g/mol. The zero-order valence-corrected chi connectivity index (χ0v) is 10.8. The number of anilines is 1. The van der Waals surface area contributed by atoms with Crippen molar-refractivity contribution in [3.63, 3.8) is 0 Å². The van der Waals surface area contributed by atoms with E-state index in [2.05, 4.69) is 25.8 Å². The Morgan fingerprint density at radius 2 is 1.88 bits per heavy atom. The van der Waals surface area contributed by atoms with Crippen LogP contribution in [0.15, 0.2) is 29.3 Å². The average Bonchev–Trinajstić information content (AvgIpc) is 2.16. The molecule has 0 aliphatic heterocycles. The minimum atomic E-state index is -0.0892. The van der Waals surface area contributed by atoms with Gasteiger partial charge in [0, 0.05) is 25.2 Å².